The third kappa shape index (κ3) is 5.00. The molecule has 1 fully saturated rings. The lowest BCUT2D eigenvalue weighted by Gasteiger charge is -2.35. The number of halogens is 5. The summed E-state index contributed by atoms with van der Waals surface area (Å²) in [5, 5.41) is 3.08. The molecule has 1 aliphatic rings. The molecule has 0 saturated carbocycles. The predicted octanol–water partition coefficient (Wildman–Crippen LogP) is 3.15. The van der Waals surface area contributed by atoms with Crippen molar-refractivity contribution in [2.75, 3.05) is 33.3 Å². The Balaban J connectivity index is 0.00000242. The van der Waals surface area contributed by atoms with Gasteiger partial charge in [0.2, 0.25) is 0 Å². The fourth-order valence-corrected chi connectivity index (χ4v) is 2.55. The molecule has 0 aromatic heterocycles. The van der Waals surface area contributed by atoms with E-state index in [2.05, 4.69) is 5.32 Å². The first-order valence-electron chi connectivity index (χ1n) is 6.75. The predicted molar refractivity (Wildman–Crippen MR) is 78.1 cm³/mol. The number of hydrogen-bond acceptors (Lipinski definition) is 3. The first-order valence-corrected chi connectivity index (χ1v) is 6.75. The van der Waals surface area contributed by atoms with E-state index in [1.54, 1.807) is 4.90 Å². The van der Waals surface area contributed by atoms with Gasteiger partial charge in [-0.2, -0.15) is 13.2 Å². The molecule has 0 aliphatic carbocycles. The van der Waals surface area contributed by atoms with E-state index in [9.17, 15) is 17.6 Å². The van der Waals surface area contributed by atoms with Crippen molar-refractivity contribution in [1.82, 2.24) is 10.2 Å². The van der Waals surface area contributed by atoms with Crippen molar-refractivity contribution in [3.8, 4) is 5.75 Å². The maximum atomic E-state index is 14.1. The lowest BCUT2D eigenvalue weighted by atomic mass is 10.00. The Morgan fingerprint density at radius 3 is 2.41 bits per heavy atom. The number of alkyl halides is 3. The zero-order valence-corrected chi connectivity index (χ0v) is 12.9. The molecule has 22 heavy (non-hydrogen) atoms. The minimum atomic E-state index is -4.35. The number of rotatable bonds is 4. The van der Waals surface area contributed by atoms with Crippen LogP contribution in [0.25, 0.3) is 0 Å². The Morgan fingerprint density at radius 1 is 1.27 bits per heavy atom. The van der Waals surface area contributed by atoms with E-state index in [1.165, 1.54) is 19.2 Å². The van der Waals surface area contributed by atoms with Gasteiger partial charge in [-0.05, 0) is 6.07 Å². The summed E-state index contributed by atoms with van der Waals surface area (Å²) in [6.45, 7) is 2.14. The second-order valence-electron chi connectivity index (χ2n) is 5.01. The van der Waals surface area contributed by atoms with Gasteiger partial charge in [0.25, 0.3) is 0 Å². The van der Waals surface area contributed by atoms with Gasteiger partial charge in [-0.15, -0.1) is 12.4 Å². The van der Waals surface area contributed by atoms with Gasteiger partial charge in [0.1, 0.15) is 11.6 Å². The van der Waals surface area contributed by atoms with Crippen LogP contribution in [0.2, 0.25) is 0 Å². The zero-order valence-electron chi connectivity index (χ0n) is 12.1. The largest absolute Gasteiger partial charge is 0.497 e. The highest BCUT2D eigenvalue weighted by molar-refractivity contribution is 5.85. The fourth-order valence-electron chi connectivity index (χ4n) is 2.55. The van der Waals surface area contributed by atoms with E-state index >= 15 is 0 Å². The summed E-state index contributed by atoms with van der Waals surface area (Å²) in [5.41, 5.74) is 0.0648. The summed E-state index contributed by atoms with van der Waals surface area (Å²) in [6, 6.07) is 3.00. The van der Waals surface area contributed by atoms with Crippen molar-refractivity contribution < 1.29 is 22.3 Å². The van der Waals surface area contributed by atoms with Gasteiger partial charge in [0, 0.05) is 43.9 Å². The number of ether oxygens (including phenoxy) is 1. The Labute approximate surface area is 133 Å². The van der Waals surface area contributed by atoms with Gasteiger partial charge < -0.3 is 10.1 Å². The molecule has 0 bridgehead atoms. The monoisotopic (exact) mass is 342 g/mol. The SMILES string of the molecule is COc1ccc([C@@H](CC(F)(F)F)N2CCNCC2)c(F)c1.Cl. The topological polar surface area (TPSA) is 24.5 Å². The van der Waals surface area contributed by atoms with Gasteiger partial charge in [0.05, 0.1) is 13.5 Å². The first kappa shape index (κ1) is 19.0. The molecular formula is C14H19ClF4N2O. The van der Waals surface area contributed by atoms with Crippen LogP contribution < -0.4 is 10.1 Å². The molecule has 0 unspecified atom stereocenters. The molecule has 3 nitrogen and oxygen atoms in total. The third-order valence-corrected chi connectivity index (χ3v) is 3.58. The molecule has 1 saturated heterocycles. The highest BCUT2D eigenvalue weighted by Crippen LogP contribution is 2.35. The third-order valence-electron chi connectivity index (χ3n) is 3.58. The van der Waals surface area contributed by atoms with Crippen LogP contribution in [-0.4, -0.2) is 44.4 Å². The number of nitrogens with zero attached hydrogens (tertiary/aromatic N) is 1. The first-order chi connectivity index (χ1) is 9.90. The molecule has 1 aromatic rings. The van der Waals surface area contributed by atoms with Crippen LogP contribution in [0.1, 0.15) is 18.0 Å². The average molecular weight is 343 g/mol. The van der Waals surface area contributed by atoms with Crippen LogP contribution in [0, 0.1) is 5.82 Å². The highest BCUT2D eigenvalue weighted by atomic mass is 35.5. The van der Waals surface area contributed by atoms with Gasteiger partial charge in [-0.25, -0.2) is 4.39 Å². The standard InChI is InChI=1S/C14H18F4N2O.ClH/c1-21-10-2-3-11(12(15)8-10)13(9-14(16,17)18)20-6-4-19-5-7-20;/h2-3,8,13,19H,4-7,9H2,1H3;1H/t13-;/m1./s1. The molecule has 126 valence electrons. The van der Waals surface area contributed by atoms with Crippen LogP contribution in [0.3, 0.4) is 0 Å². The molecule has 1 N–H and O–H groups in total. The summed E-state index contributed by atoms with van der Waals surface area (Å²) in [4.78, 5) is 1.68. The van der Waals surface area contributed by atoms with Gasteiger partial charge in [0.15, 0.2) is 0 Å². The second-order valence-corrected chi connectivity index (χ2v) is 5.01. The smallest absolute Gasteiger partial charge is 0.390 e. The highest BCUT2D eigenvalue weighted by Gasteiger charge is 2.37. The summed E-state index contributed by atoms with van der Waals surface area (Å²) < 4.78 is 57.5. The summed E-state index contributed by atoms with van der Waals surface area (Å²) in [7, 11) is 1.39. The maximum Gasteiger partial charge on any atom is 0.390 e. The summed E-state index contributed by atoms with van der Waals surface area (Å²) in [6.07, 6.45) is -5.40. The quantitative estimate of drug-likeness (QED) is 0.851. The maximum absolute atomic E-state index is 14.1. The van der Waals surface area contributed by atoms with Crippen molar-refractivity contribution in [2.45, 2.75) is 18.6 Å². The number of nitrogens with one attached hydrogen (secondary N) is 1. The molecular weight excluding hydrogens is 324 g/mol. The molecule has 1 aliphatic heterocycles. The average Bonchev–Trinajstić information content (AvgIpc) is 2.45. The Bertz CT molecular complexity index is 478. The normalized spacial score (nSPS) is 17.7. The molecule has 8 heteroatoms. The van der Waals surface area contributed by atoms with Crippen molar-refractivity contribution in [3.05, 3.63) is 29.6 Å². The van der Waals surface area contributed by atoms with E-state index in [1.807, 2.05) is 0 Å². The minimum absolute atomic E-state index is 0. The Morgan fingerprint density at radius 2 is 1.91 bits per heavy atom. The molecule has 1 atom stereocenters. The van der Waals surface area contributed by atoms with E-state index < -0.39 is 24.5 Å². The molecule has 2 rings (SSSR count). The molecule has 1 heterocycles. The van der Waals surface area contributed by atoms with Gasteiger partial charge >= 0.3 is 6.18 Å². The van der Waals surface area contributed by atoms with Crippen molar-refractivity contribution in [2.24, 2.45) is 0 Å². The zero-order chi connectivity index (χ0) is 15.5. The molecule has 0 radical (unpaired) electrons. The molecule has 1 aromatic carbocycles. The number of methoxy groups -OCH3 is 1. The number of piperazine rings is 1. The van der Waals surface area contributed by atoms with Crippen LogP contribution in [0.15, 0.2) is 18.2 Å². The van der Waals surface area contributed by atoms with Crippen molar-refractivity contribution in [3.63, 3.8) is 0 Å². The van der Waals surface area contributed by atoms with Crippen LogP contribution in [-0.2, 0) is 0 Å². The fraction of sp³-hybridized carbons (Fsp3) is 0.571. The Hall–Kier alpha value is -1.05. The van der Waals surface area contributed by atoms with E-state index in [0.29, 0.717) is 31.9 Å². The summed E-state index contributed by atoms with van der Waals surface area (Å²) in [5.74, 6) is -0.371. The van der Waals surface area contributed by atoms with Crippen molar-refractivity contribution in [1.29, 1.82) is 0 Å². The van der Waals surface area contributed by atoms with Gasteiger partial charge in [-0.3, -0.25) is 4.90 Å². The second kappa shape index (κ2) is 7.99. The Kier molecular flexibility index (Phi) is 6.90. The summed E-state index contributed by atoms with van der Waals surface area (Å²) >= 11 is 0. The lowest BCUT2D eigenvalue weighted by Crippen LogP contribution is -2.46. The van der Waals surface area contributed by atoms with Crippen LogP contribution >= 0.6 is 12.4 Å². The van der Waals surface area contributed by atoms with E-state index in [4.69, 9.17) is 4.74 Å². The number of benzene rings is 1. The molecule has 0 amide bonds. The number of hydrogen-bond donors (Lipinski definition) is 1. The molecule has 0 spiro atoms. The van der Waals surface area contributed by atoms with Crippen molar-refractivity contribution >= 4 is 12.4 Å². The minimum Gasteiger partial charge on any atom is -0.497 e. The van der Waals surface area contributed by atoms with Crippen LogP contribution in [0.5, 0.6) is 5.75 Å². The van der Waals surface area contributed by atoms with Crippen LogP contribution in [0.4, 0.5) is 17.6 Å². The van der Waals surface area contributed by atoms with E-state index in [0.717, 1.165) is 6.07 Å². The van der Waals surface area contributed by atoms with Gasteiger partial charge in [-0.1, -0.05) is 6.07 Å². The lowest BCUT2D eigenvalue weighted by molar-refractivity contribution is -0.149. The van der Waals surface area contributed by atoms with E-state index in [-0.39, 0.29) is 18.0 Å².